The Hall–Kier alpha value is -6.43. The molecule has 4 aromatic heterocycles. The van der Waals surface area contributed by atoms with Crippen molar-refractivity contribution in [2.24, 2.45) is 0 Å². The summed E-state index contributed by atoms with van der Waals surface area (Å²) in [6.45, 7) is 9.94. The van der Waals surface area contributed by atoms with Crippen molar-refractivity contribution in [3.8, 4) is 0 Å². The highest BCUT2D eigenvalue weighted by molar-refractivity contribution is 6.05. The smallest absolute Gasteiger partial charge is 0.263 e. The Morgan fingerprint density at radius 1 is 0.864 bits per heavy atom. The highest BCUT2D eigenvalue weighted by atomic mass is 16.3. The number of ketones is 1. The number of hydrogen-bond acceptors (Lipinski definition) is 14. The molecular weight excluding hydrogens is 839 g/mol. The molecule has 4 aliphatic heterocycles. The van der Waals surface area contributed by atoms with Crippen molar-refractivity contribution in [1.29, 1.82) is 0 Å². The summed E-state index contributed by atoms with van der Waals surface area (Å²) in [6.07, 6.45) is 11.0. The molecule has 3 amide bonds. The second kappa shape index (κ2) is 17.8. The second-order valence-corrected chi connectivity index (χ2v) is 18.6. The van der Waals surface area contributed by atoms with Gasteiger partial charge in [-0.2, -0.15) is 4.98 Å². The number of aryl methyl sites for hydroxylation is 1. The summed E-state index contributed by atoms with van der Waals surface area (Å²) < 4.78 is 1.72. The van der Waals surface area contributed by atoms with Crippen LogP contribution < -0.4 is 21.1 Å². The van der Waals surface area contributed by atoms with E-state index < -0.39 is 17.6 Å². The van der Waals surface area contributed by atoms with Crippen LogP contribution in [-0.2, 0) is 34.8 Å². The molecule has 17 heteroatoms. The number of fused-ring (bicyclic) bond motifs is 2. The van der Waals surface area contributed by atoms with Gasteiger partial charge in [0.05, 0.1) is 28.7 Å². The van der Waals surface area contributed by atoms with E-state index in [0.717, 1.165) is 86.5 Å². The Bertz CT molecular complexity index is 2770. The molecule has 4 fully saturated rings. The molecule has 3 saturated heterocycles. The first kappa shape index (κ1) is 43.5. The molecule has 1 atom stereocenters. The second-order valence-electron chi connectivity index (χ2n) is 18.6. The third kappa shape index (κ3) is 8.46. The average Bonchev–Trinajstić information content (AvgIpc) is 3.96. The molecule has 3 N–H and O–H groups in total. The van der Waals surface area contributed by atoms with Gasteiger partial charge >= 0.3 is 0 Å². The molecule has 8 heterocycles. The van der Waals surface area contributed by atoms with Gasteiger partial charge < -0.3 is 20.2 Å². The number of aliphatic hydroxyl groups is 1. The van der Waals surface area contributed by atoms with Gasteiger partial charge in [-0.05, 0) is 92.5 Å². The number of benzene rings is 1. The monoisotopic (exact) mass is 893 g/mol. The van der Waals surface area contributed by atoms with Gasteiger partial charge in [0.15, 0.2) is 5.78 Å². The van der Waals surface area contributed by atoms with Crippen LogP contribution in [0.1, 0.15) is 113 Å². The highest BCUT2D eigenvalue weighted by Crippen LogP contribution is 2.37. The van der Waals surface area contributed by atoms with Crippen LogP contribution in [0.3, 0.4) is 0 Å². The lowest BCUT2D eigenvalue weighted by molar-refractivity contribution is -0.136. The molecule has 5 aromatic rings. The van der Waals surface area contributed by atoms with Crippen LogP contribution in [0.5, 0.6) is 0 Å². The van der Waals surface area contributed by atoms with Crippen molar-refractivity contribution in [2.75, 3.05) is 49.5 Å². The molecule has 1 saturated carbocycles. The first-order valence-corrected chi connectivity index (χ1v) is 23.2. The van der Waals surface area contributed by atoms with E-state index in [2.05, 4.69) is 47.4 Å². The molecule has 1 unspecified atom stereocenters. The molecular formula is C49H55N11O6. The van der Waals surface area contributed by atoms with Crippen LogP contribution in [0.15, 0.2) is 65.8 Å². The standard InChI is InChI=1S/C49H55N11O6/c1-30-39-26-52-48(55-44(39)60(36-5-3-4-6-36)47(65)43(30)31(2)61)53-41-13-10-37(25-51-41)58-21-19-57(20-22-58)27-32-7-9-35(50-24-32)29-56-17-15-49(66,16-18-56)34-8-11-38-33(23-34)28-59(46(38)64)40-12-14-42(62)54-45(40)63/h7-11,13,23-26,36,40,66H,3-6,12,14-22,27-29H2,1-2H3,(H,54,62,63)(H,51,52,53,55). The molecule has 0 radical (unpaired) electrons. The Morgan fingerprint density at radius 3 is 2.33 bits per heavy atom. The van der Waals surface area contributed by atoms with Gasteiger partial charge in [0, 0.05) is 94.7 Å². The summed E-state index contributed by atoms with van der Waals surface area (Å²) in [4.78, 5) is 90.9. The van der Waals surface area contributed by atoms with E-state index in [1.54, 1.807) is 23.8 Å². The maximum absolute atomic E-state index is 13.6. The van der Waals surface area contributed by atoms with E-state index in [9.17, 15) is 29.1 Å². The summed E-state index contributed by atoms with van der Waals surface area (Å²) in [5.74, 6) is -0.264. The summed E-state index contributed by atoms with van der Waals surface area (Å²) in [6, 6.07) is 13.1. The molecule has 5 aliphatic rings. The van der Waals surface area contributed by atoms with E-state index >= 15 is 0 Å². The minimum Gasteiger partial charge on any atom is -0.385 e. The largest absolute Gasteiger partial charge is 0.385 e. The minimum atomic E-state index is -1.02. The SMILES string of the molecule is CC(=O)c1c(C)c2cnc(Nc3ccc(N4CCN(Cc5ccc(CN6CCC(O)(c7ccc8c(c7)CN(C7CCC(=O)NC7=O)C8=O)CC6)nc5)CC4)cn3)nc2n(C2CCCC2)c1=O. The normalized spacial score (nSPS) is 20.5. The lowest BCUT2D eigenvalue weighted by Crippen LogP contribution is -2.52. The Morgan fingerprint density at radius 2 is 1.64 bits per heavy atom. The number of amides is 3. The number of piperazine rings is 1. The van der Waals surface area contributed by atoms with Crippen LogP contribution in [0.25, 0.3) is 11.0 Å². The van der Waals surface area contributed by atoms with Crippen molar-refractivity contribution in [3.63, 3.8) is 0 Å². The van der Waals surface area contributed by atoms with Crippen molar-refractivity contribution >= 4 is 52.0 Å². The van der Waals surface area contributed by atoms with Crippen LogP contribution in [0.2, 0.25) is 0 Å². The number of piperidine rings is 2. The van der Waals surface area contributed by atoms with Gasteiger partial charge in [0.1, 0.15) is 17.5 Å². The fraction of sp³-hybridized carbons (Fsp3) is 0.449. The van der Waals surface area contributed by atoms with E-state index in [4.69, 9.17) is 9.97 Å². The van der Waals surface area contributed by atoms with Gasteiger partial charge in [0.2, 0.25) is 17.8 Å². The molecule has 342 valence electrons. The number of nitrogens with zero attached hydrogens (tertiary/aromatic N) is 9. The summed E-state index contributed by atoms with van der Waals surface area (Å²) in [7, 11) is 0. The fourth-order valence-electron chi connectivity index (χ4n) is 10.6. The van der Waals surface area contributed by atoms with E-state index in [1.807, 2.05) is 36.7 Å². The average molecular weight is 894 g/mol. The van der Waals surface area contributed by atoms with Gasteiger partial charge in [-0.25, -0.2) is 9.97 Å². The first-order chi connectivity index (χ1) is 31.9. The lowest BCUT2D eigenvalue weighted by Gasteiger charge is -2.38. The van der Waals surface area contributed by atoms with Crippen molar-refractivity contribution < 1.29 is 24.3 Å². The number of anilines is 3. The number of imide groups is 1. The Labute approximate surface area is 382 Å². The van der Waals surface area contributed by atoms with Crippen molar-refractivity contribution in [3.05, 3.63) is 110 Å². The van der Waals surface area contributed by atoms with Gasteiger partial charge in [-0.15, -0.1) is 0 Å². The number of hydrogen-bond donors (Lipinski definition) is 3. The van der Waals surface area contributed by atoms with Gasteiger partial charge in [-0.1, -0.05) is 31.0 Å². The predicted molar refractivity (Wildman–Crippen MR) is 246 cm³/mol. The summed E-state index contributed by atoms with van der Waals surface area (Å²) in [5, 5.41) is 18.0. The first-order valence-electron chi connectivity index (χ1n) is 23.2. The topological polar surface area (TPSA) is 199 Å². The lowest BCUT2D eigenvalue weighted by atomic mass is 9.83. The Balaban J connectivity index is 0.693. The third-order valence-electron chi connectivity index (χ3n) is 14.4. The zero-order valence-corrected chi connectivity index (χ0v) is 37.5. The number of nitrogens with one attached hydrogen (secondary N) is 2. The highest BCUT2D eigenvalue weighted by Gasteiger charge is 2.41. The third-order valence-corrected chi connectivity index (χ3v) is 14.4. The molecule has 1 aromatic carbocycles. The molecule has 0 bridgehead atoms. The Kier molecular flexibility index (Phi) is 11.7. The minimum absolute atomic E-state index is 0.00624. The van der Waals surface area contributed by atoms with Gasteiger partial charge in [-0.3, -0.25) is 48.6 Å². The quantitative estimate of drug-likeness (QED) is 0.124. The maximum atomic E-state index is 13.6. The molecule has 10 rings (SSSR count). The number of likely N-dealkylation sites (tertiary alicyclic amines) is 1. The zero-order valence-electron chi connectivity index (χ0n) is 37.5. The molecule has 66 heavy (non-hydrogen) atoms. The van der Waals surface area contributed by atoms with Crippen LogP contribution in [0, 0.1) is 6.92 Å². The van der Waals surface area contributed by atoms with Crippen LogP contribution in [0.4, 0.5) is 17.5 Å². The number of carbonyl (C=O) groups excluding carboxylic acids is 4. The molecule has 17 nitrogen and oxygen atoms in total. The van der Waals surface area contributed by atoms with E-state index in [-0.39, 0.29) is 47.7 Å². The summed E-state index contributed by atoms with van der Waals surface area (Å²) >= 11 is 0. The fourth-order valence-corrected chi connectivity index (χ4v) is 10.6. The molecule has 0 spiro atoms. The molecule has 1 aliphatic carbocycles. The van der Waals surface area contributed by atoms with Crippen LogP contribution >= 0.6 is 0 Å². The van der Waals surface area contributed by atoms with E-state index in [0.29, 0.717) is 72.8 Å². The maximum Gasteiger partial charge on any atom is 0.263 e. The predicted octanol–water partition coefficient (Wildman–Crippen LogP) is 4.52. The summed E-state index contributed by atoms with van der Waals surface area (Å²) in [5.41, 5.74) is 5.39. The van der Waals surface area contributed by atoms with Crippen LogP contribution in [-0.4, -0.2) is 113 Å². The number of aromatic nitrogens is 5. The number of pyridine rings is 3. The zero-order chi connectivity index (χ0) is 45.7. The number of Topliss-reactive ketones (excluding diaryl/α,β-unsaturated/α-hetero) is 1. The van der Waals surface area contributed by atoms with Crippen molar-refractivity contribution in [1.82, 2.24) is 44.5 Å². The number of rotatable bonds is 11. The van der Waals surface area contributed by atoms with Crippen molar-refractivity contribution in [2.45, 2.75) is 103 Å². The van der Waals surface area contributed by atoms with Gasteiger partial charge in [0.25, 0.3) is 11.5 Å². The van der Waals surface area contributed by atoms with E-state index in [1.165, 1.54) is 11.8 Å². The number of carbonyl (C=O) groups is 4.